The molecule has 1 fully saturated rings. The van der Waals surface area contributed by atoms with E-state index in [-0.39, 0.29) is 18.9 Å². The van der Waals surface area contributed by atoms with Gasteiger partial charge in [0.25, 0.3) is 5.91 Å². The highest BCUT2D eigenvalue weighted by Crippen LogP contribution is 2.28. The number of methoxy groups -OCH3 is 1. The molecular weight excluding hydrogens is 388 g/mol. The van der Waals surface area contributed by atoms with Gasteiger partial charge in [-0.15, -0.1) is 0 Å². The van der Waals surface area contributed by atoms with Crippen molar-refractivity contribution in [3.05, 3.63) is 54.1 Å². The minimum absolute atomic E-state index is 0.135. The largest absolute Gasteiger partial charge is 0.495 e. The van der Waals surface area contributed by atoms with Crippen LogP contribution >= 0.6 is 0 Å². The van der Waals surface area contributed by atoms with Crippen LogP contribution in [0.25, 0.3) is 0 Å². The molecule has 9 heteroatoms. The Balaban J connectivity index is 1.65. The van der Waals surface area contributed by atoms with E-state index in [1.54, 1.807) is 18.2 Å². The summed E-state index contributed by atoms with van der Waals surface area (Å²) < 4.78 is 5.23. The zero-order chi connectivity index (χ0) is 21.7. The Morgan fingerprint density at radius 1 is 1.10 bits per heavy atom. The Morgan fingerprint density at radius 2 is 1.83 bits per heavy atom. The summed E-state index contributed by atoms with van der Waals surface area (Å²) in [5, 5.41) is 7.83. The van der Waals surface area contributed by atoms with Crippen molar-refractivity contribution in [2.45, 2.75) is 25.9 Å². The van der Waals surface area contributed by atoms with Gasteiger partial charge in [0, 0.05) is 12.6 Å². The van der Waals surface area contributed by atoms with E-state index in [1.165, 1.54) is 14.0 Å². The summed E-state index contributed by atoms with van der Waals surface area (Å²) in [5.74, 6) is -0.799. The van der Waals surface area contributed by atoms with Crippen LogP contribution < -0.4 is 20.7 Å². The van der Waals surface area contributed by atoms with E-state index in [0.717, 1.165) is 10.5 Å². The quantitative estimate of drug-likeness (QED) is 0.605. The number of benzene rings is 2. The van der Waals surface area contributed by atoms with Crippen LogP contribution in [0.3, 0.4) is 0 Å². The van der Waals surface area contributed by atoms with Gasteiger partial charge in [-0.1, -0.05) is 30.3 Å². The van der Waals surface area contributed by atoms with Gasteiger partial charge in [0.15, 0.2) is 0 Å². The van der Waals surface area contributed by atoms with Crippen LogP contribution in [0.15, 0.2) is 48.5 Å². The van der Waals surface area contributed by atoms with Crippen molar-refractivity contribution in [2.24, 2.45) is 0 Å². The monoisotopic (exact) mass is 410 g/mol. The minimum Gasteiger partial charge on any atom is -0.495 e. The number of ether oxygens (including phenoxy) is 1. The smallest absolute Gasteiger partial charge is 0.325 e. The van der Waals surface area contributed by atoms with Crippen molar-refractivity contribution in [3.8, 4) is 5.75 Å². The lowest BCUT2D eigenvalue weighted by molar-refractivity contribution is -0.130. The molecule has 0 spiro atoms. The number of nitrogens with one attached hydrogen (secondary N) is 3. The number of carbonyl (C=O) groups is 4. The summed E-state index contributed by atoms with van der Waals surface area (Å²) in [7, 11) is 1.45. The molecule has 9 nitrogen and oxygen atoms in total. The van der Waals surface area contributed by atoms with Gasteiger partial charge in [0.05, 0.1) is 25.8 Å². The summed E-state index contributed by atoms with van der Waals surface area (Å²) in [6, 6.07) is 12.4. The molecule has 1 aliphatic rings. The fraction of sp³-hybridized carbons (Fsp3) is 0.238. The lowest BCUT2D eigenvalue weighted by Gasteiger charge is -2.14. The second-order valence-electron chi connectivity index (χ2n) is 6.76. The van der Waals surface area contributed by atoms with Gasteiger partial charge >= 0.3 is 6.03 Å². The Kier molecular flexibility index (Phi) is 6.31. The highest BCUT2D eigenvalue weighted by molar-refractivity contribution is 6.07. The van der Waals surface area contributed by atoms with Gasteiger partial charge in [-0.25, -0.2) is 4.79 Å². The number of rotatable bonds is 7. The molecule has 0 aliphatic carbocycles. The van der Waals surface area contributed by atoms with Gasteiger partial charge in [0.2, 0.25) is 11.8 Å². The Hall–Kier alpha value is -3.88. The summed E-state index contributed by atoms with van der Waals surface area (Å²) >= 11 is 0. The standard InChI is InChI=1S/C21H22N4O5/c1-13(26)22-15-8-9-18(30-2)16(10-15)23-19(27)11-17-20(28)25(21(29)24-17)12-14-6-4-3-5-7-14/h3-10,17H,11-12H2,1-2H3,(H,22,26)(H,23,27)(H,24,29)/t17-/m0/s1. The number of carbonyl (C=O) groups excluding carboxylic acids is 4. The third kappa shape index (κ3) is 4.93. The minimum atomic E-state index is -0.953. The first-order chi connectivity index (χ1) is 14.4. The van der Waals surface area contributed by atoms with E-state index < -0.39 is 23.9 Å². The molecule has 1 heterocycles. The third-order valence-corrected chi connectivity index (χ3v) is 4.47. The molecule has 2 aromatic carbocycles. The molecule has 0 radical (unpaired) electrons. The average Bonchev–Trinajstić information content (AvgIpc) is 2.96. The van der Waals surface area contributed by atoms with Crippen LogP contribution in [0.5, 0.6) is 5.75 Å². The van der Waals surface area contributed by atoms with Crippen molar-refractivity contribution >= 4 is 35.1 Å². The Labute approximate surface area is 173 Å². The molecule has 3 rings (SSSR count). The summed E-state index contributed by atoms with van der Waals surface area (Å²) in [4.78, 5) is 49.6. The van der Waals surface area contributed by atoms with E-state index in [9.17, 15) is 19.2 Å². The maximum Gasteiger partial charge on any atom is 0.325 e. The maximum atomic E-state index is 12.6. The van der Waals surface area contributed by atoms with Crippen LogP contribution in [0.1, 0.15) is 18.9 Å². The number of hydrogen-bond donors (Lipinski definition) is 3. The van der Waals surface area contributed by atoms with Crippen molar-refractivity contribution < 1.29 is 23.9 Å². The lowest BCUT2D eigenvalue weighted by Crippen LogP contribution is -2.34. The van der Waals surface area contributed by atoms with E-state index in [2.05, 4.69) is 16.0 Å². The second kappa shape index (κ2) is 9.08. The molecular formula is C21H22N4O5. The van der Waals surface area contributed by atoms with Crippen molar-refractivity contribution in [3.63, 3.8) is 0 Å². The maximum absolute atomic E-state index is 12.6. The number of amides is 5. The van der Waals surface area contributed by atoms with Gasteiger partial charge in [0.1, 0.15) is 11.8 Å². The predicted molar refractivity (Wildman–Crippen MR) is 110 cm³/mol. The number of imide groups is 1. The molecule has 0 aromatic heterocycles. The highest BCUT2D eigenvalue weighted by Gasteiger charge is 2.39. The van der Waals surface area contributed by atoms with Crippen LogP contribution in [0.2, 0.25) is 0 Å². The van der Waals surface area contributed by atoms with Crippen molar-refractivity contribution in [1.29, 1.82) is 0 Å². The van der Waals surface area contributed by atoms with Gasteiger partial charge < -0.3 is 20.7 Å². The highest BCUT2D eigenvalue weighted by atomic mass is 16.5. The Morgan fingerprint density at radius 3 is 2.50 bits per heavy atom. The Bertz CT molecular complexity index is 977. The summed E-state index contributed by atoms with van der Waals surface area (Å²) in [6.45, 7) is 1.51. The average molecular weight is 410 g/mol. The number of anilines is 2. The van der Waals surface area contributed by atoms with Crippen LogP contribution in [0.4, 0.5) is 16.2 Å². The molecule has 0 unspecified atom stereocenters. The number of hydrogen-bond acceptors (Lipinski definition) is 5. The summed E-state index contributed by atoms with van der Waals surface area (Å²) in [6.07, 6.45) is -0.233. The molecule has 2 aromatic rings. The molecule has 5 amide bonds. The first-order valence-electron chi connectivity index (χ1n) is 9.28. The third-order valence-electron chi connectivity index (χ3n) is 4.47. The topological polar surface area (TPSA) is 117 Å². The molecule has 1 atom stereocenters. The molecule has 0 saturated carbocycles. The fourth-order valence-electron chi connectivity index (χ4n) is 3.10. The van der Waals surface area contributed by atoms with E-state index in [0.29, 0.717) is 17.1 Å². The summed E-state index contributed by atoms with van der Waals surface area (Å²) in [5.41, 5.74) is 1.63. The predicted octanol–water partition coefficient (Wildman–Crippen LogP) is 2.10. The fourth-order valence-corrected chi connectivity index (χ4v) is 3.10. The lowest BCUT2D eigenvalue weighted by atomic mass is 10.1. The molecule has 1 saturated heterocycles. The van der Waals surface area contributed by atoms with E-state index >= 15 is 0 Å². The van der Waals surface area contributed by atoms with Gasteiger partial charge in [-0.3, -0.25) is 19.3 Å². The van der Waals surface area contributed by atoms with Crippen molar-refractivity contribution in [2.75, 3.05) is 17.7 Å². The zero-order valence-electron chi connectivity index (χ0n) is 16.6. The zero-order valence-corrected chi connectivity index (χ0v) is 16.6. The van der Waals surface area contributed by atoms with E-state index in [4.69, 9.17) is 4.74 Å². The van der Waals surface area contributed by atoms with Crippen LogP contribution in [0, 0.1) is 0 Å². The molecule has 1 aliphatic heterocycles. The SMILES string of the molecule is COc1ccc(NC(C)=O)cc1NC(=O)C[C@@H]1NC(=O)N(Cc2ccccc2)C1=O. The molecule has 156 valence electrons. The normalized spacial score (nSPS) is 15.5. The number of nitrogens with zero attached hydrogens (tertiary/aromatic N) is 1. The second-order valence-corrected chi connectivity index (χ2v) is 6.76. The molecule has 3 N–H and O–H groups in total. The van der Waals surface area contributed by atoms with Crippen LogP contribution in [-0.4, -0.2) is 41.8 Å². The molecule has 30 heavy (non-hydrogen) atoms. The van der Waals surface area contributed by atoms with Crippen molar-refractivity contribution in [1.82, 2.24) is 10.2 Å². The first kappa shape index (κ1) is 20.8. The van der Waals surface area contributed by atoms with Crippen LogP contribution in [-0.2, 0) is 20.9 Å². The number of urea groups is 1. The van der Waals surface area contributed by atoms with Gasteiger partial charge in [-0.2, -0.15) is 0 Å². The van der Waals surface area contributed by atoms with E-state index in [1.807, 2.05) is 30.3 Å². The first-order valence-corrected chi connectivity index (χ1v) is 9.28. The van der Waals surface area contributed by atoms with Gasteiger partial charge in [-0.05, 0) is 23.8 Å². The molecule has 0 bridgehead atoms.